The lowest BCUT2D eigenvalue weighted by Crippen LogP contribution is -2.60. The number of amides is 3. The first-order valence-electron chi connectivity index (χ1n) is 14.3. The monoisotopic (exact) mass is 546 g/mol. The number of aliphatic hydroxyl groups is 1. The molecule has 3 amide bonds. The number of rotatable bonds is 9. The molecule has 1 aliphatic carbocycles. The summed E-state index contributed by atoms with van der Waals surface area (Å²) in [4.78, 5) is 40.7. The highest BCUT2D eigenvalue weighted by Gasteiger charge is 2.56. The zero-order valence-corrected chi connectivity index (χ0v) is 23.8. The van der Waals surface area contributed by atoms with Crippen molar-refractivity contribution in [1.82, 2.24) is 15.1 Å². The number of ether oxygens (including phenoxy) is 1. The maximum Gasteiger partial charge on any atom is 0.407 e. The number of urea groups is 1. The smallest absolute Gasteiger partial charge is 0.407 e. The van der Waals surface area contributed by atoms with Gasteiger partial charge in [0.1, 0.15) is 18.8 Å². The molecule has 4 rings (SSSR count). The van der Waals surface area contributed by atoms with Gasteiger partial charge in [0.05, 0.1) is 18.7 Å². The van der Waals surface area contributed by atoms with E-state index in [9.17, 15) is 14.7 Å². The Kier molecular flexibility index (Phi) is 9.74. The van der Waals surface area contributed by atoms with Gasteiger partial charge >= 0.3 is 12.1 Å². The number of aliphatic hydroxyl groups excluding tert-OH is 1. The van der Waals surface area contributed by atoms with Crippen LogP contribution in [0, 0.1) is 17.3 Å². The van der Waals surface area contributed by atoms with Crippen LogP contribution in [0.4, 0.5) is 9.59 Å². The van der Waals surface area contributed by atoms with Crippen LogP contribution in [0.3, 0.4) is 0 Å². The summed E-state index contributed by atoms with van der Waals surface area (Å²) in [6.45, 7) is 10.2. The number of carbonyl (C=O) groups excluding carboxylic acids is 2. The molecule has 2 aliphatic heterocycles. The van der Waals surface area contributed by atoms with Crippen molar-refractivity contribution in [3.63, 3.8) is 0 Å². The van der Waals surface area contributed by atoms with E-state index < -0.39 is 24.3 Å². The molecular formula is C29H46N4O6. The van der Waals surface area contributed by atoms with Crippen LogP contribution >= 0.6 is 0 Å². The molecule has 3 aliphatic rings. The van der Waals surface area contributed by atoms with Gasteiger partial charge in [0, 0.05) is 31.6 Å². The van der Waals surface area contributed by atoms with Crippen molar-refractivity contribution < 1.29 is 29.2 Å². The van der Waals surface area contributed by atoms with Gasteiger partial charge in [-0.2, -0.15) is 0 Å². The van der Waals surface area contributed by atoms with E-state index in [2.05, 4.69) is 19.2 Å². The maximum atomic E-state index is 13.5. The SMILES string of the molecule is CC(C)CN(C[C@@H](O)[C@H](Cc1ccccc1)NC(=O)OC1COOC2C1CC2(C)C)C(=O)N1CCCC(N)C1. The predicted molar refractivity (Wildman–Crippen MR) is 147 cm³/mol. The topological polar surface area (TPSA) is 127 Å². The van der Waals surface area contributed by atoms with Gasteiger partial charge in [-0.25, -0.2) is 19.4 Å². The number of benzene rings is 1. The molecule has 0 radical (unpaired) electrons. The third-order valence-corrected chi connectivity index (χ3v) is 8.12. The number of likely N-dealkylation sites (tertiary alicyclic amines) is 1. The molecule has 1 saturated carbocycles. The molecule has 1 aromatic rings. The van der Waals surface area contributed by atoms with Gasteiger partial charge in [0.2, 0.25) is 0 Å². The quantitative estimate of drug-likeness (QED) is 0.407. The molecule has 10 nitrogen and oxygen atoms in total. The van der Waals surface area contributed by atoms with Crippen molar-refractivity contribution in [2.45, 2.75) is 83.8 Å². The number of piperidine rings is 1. The standard InChI is InChI=1S/C29H46N4O6/c1-19(2)15-33(28(36)32-12-8-11-21(30)16-32)17-24(34)23(13-20-9-6-5-7-10-20)31-27(35)38-25-18-37-39-26-22(25)14-29(26,3)4/h5-7,9-10,19,21-26,34H,8,11-18,30H2,1-4H3,(H,31,35)/t21?,22?,23-,24+,25?,26?/m0/s1. The van der Waals surface area contributed by atoms with Crippen LogP contribution in [0.2, 0.25) is 0 Å². The summed E-state index contributed by atoms with van der Waals surface area (Å²) in [6.07, 6.45) is 0.864. The third-order valence-electron chi connectivity index (χ3n) is 8.12. The Bertz CT molecular complexity index is 960. The minimum Gasteiger partial charge on any atom is -0.443 e. The van der Waals surface area contributed by atoms with E-state index in [0.717, 1.165) is 24.8 Å². The second-order valence-corrected chi connectivity index (χ2v) is 12.5. The summed E-state index contributed by atoms with van der Waals surface area (Å²) in [5, 5.41) is 14.3. The Labute approximate surface area is 232 Å². The number of nitrogens with zero attached hydrogens (tertiary/aromatic N) is 2. The molecule has 3 fully saturated rings. The van der Waals surface area contributed by atoms with Crippen molar-refractivity contribution in [3.05, 3.63) is 35.9 Å². The van der Waals surface area contributed by atoms with Gasteiger partial charge < -0.3 is 30.7 Å². The van der Waals surface area contributed by atoms with Crippen molar-refractivity contribution in [2.75, 3.05) is 32.8 Å². The number of carbonyl (C=O) groups is 2. The lowest BCUT2D eigenvalue weighted by atomic mass is 9.59. The zero-order chi connectivity index (χ0) is 28.2. The molecule has 0 bridgehead atoms. The van der Waals surface area contributed by atoms with Crippen molar-refractivity contribution in [2.24, 2.45) is 23.0 Å². The van der Waals surface area contributed by atoms with Crippen LogP contribution in [0.15, 0.2) is 30.3 Å². The second-order valence-electron chi connectivity index (χ2n) is 12.5. The molecule has 4 N–H and O–H groups in total. The van der Waals surface area contributed by atoms with E-state index >= 15 is 0 Å². The highest BCUT2D eigenvalue weighted by Crippen LogP contribution is 2.51. The van der Waals surface area contributed by atoms with Gasteiger partial charge in [-0.1, -0.05) is 58.0 Å². The number of hydrogen-bond donors (Lipinski definition) is 3. The summed E-state index contributed by atoms with van der Waals surface area (Å²) in [7, 11) is 0. The number of nitrogens with two attached hydrogens (primary N) is 1. The zero-order valence-electron chi connectivity index (χ0n) is 23.8. The Morgan fingerprint density at radius 1 is 1.26 bits per heavy atom. The summed E-state index contributed by atoms with van der Waals surface area (Å²) in [5.41, 5.74) is 7.06. The van der Waals surface area contributed by atoms with Gasteiger partial charge in [-0.05, 0) is 42.6 Å². The first-order chi connectivity index (χ1) is 18.5. The fourth-order valence-electron chi connectivity index (χ4n) is 6.08. The molecule has 218 valence electrons. The minimum absolute atomic E-state index is 0.0279. The van der Waals surface area contributed by atoms with Gasteiger partial charge in [-0.15, -0.1) is 0 Å². The number of alkyl carbamates (subject to hydrolysis) is 1. The molecule has 39 heavy (non-hydrogen) atoms. The Balaban J connectivity index is 1.44. The summed E-state index contributed by atoms with van der Waals surface area (Å²) in [6, 6.07) is 8.83. The van der Waals surface area contributed by atoms with Gasteiger partial charge in [0.15, 0.2) is 0 Å². The number of fused-ring (bicyclic) bond motifs is 1. The first-order valence-corrected chi connectivity index (χ1v) is 14.3. The van der Waals surface area contributed by atoms with Crippen LogP contribution in [-0.4, -0.2) is 90.2 Å². The van der Waals surface area contributed by atoms with Crippen LogP contribution in [-0.2, 0) is 20.9 Å². The fraction of sp³-hybridized carbons (Fsp3) is 0.724. The number of nitrogens with one attached hydrogen (secondary N) is 1. The van der Waals surface area contributed by atoms with E-state index in [4.69, 9.17) is 20.2 Å². The highest BCUT2D eigenvalue weighted by atomic mass is 17.2. The minimum atomic E-state index is -1.01. The predicted octanol–water partition coefficient (Wildman–Crippen LogP) is 2.93. The summed E-state index contributed by atoms with van der Waals surface area (Å²) >= 11 is 0. The maximum absolute atomic E-state index is 13.5. The normalized spacial score (nSPS) is 27.6. The van der Waals surface area contributed by atoms with E-state index in [0.29, 0.717) is 26.1 Å². The van der Waals surface area contributed by atoms with E-state index in [-0.39, 0.29) is 48.6 Å². The molecule has 2 heterocycles. The second kappa shape index (κ2) is 12.8. The van der Waals surface area contributed by atoms with Crippen molar-refractivity contribution in [3.8, 4) is 0 Å². The average molecular weight is 547 g/mol. The summed E-state index contributed by atoms with van der Waals surface area (Å²) < 4.78 is 5.79. The van der Waals surface area contributed by atoms with Crippen molar-refractivity contribution in [1.29, 1.82) is 0 Å². The van der Waals surface area contributed by atoms with E-state index in [1.807, 2.05) is 44.2 Å². The molecule has 4 unspecified atom stereocenters. The molecular weight excluding hydrogens is 500 g/mol. The van der Waals surface area contributed by atoms with Crippen molar-refractivity contribution >= 4 is 12.1 Å². The molecule has 6 atom stereocenters. The van der Waals surface area contributed by atoms with Crippen LogP contribution in [0.25, 0.3) is 0 Å². The highest BCUT2D eigenvalue weighted by molar-refractivity contribution is 5.74. The molecule has 2 saturated heterocycles. The first kappa shape index (κ1) is 29.6. The van der Waals surface area contributed by atoms with E-state index in [1.54, 1.807) is 9.80 Å². The van der Waals surface area contributed by atoms with Crippen LogP contribution in [0.5, 0.6) is 0 Å². The Morgan fingerprint density at radius 3 is 2.67 bits per heavy atom. The fourth-order valence-corrected chi connectivity index (χ4v) is 6.08. The molecule has 0 aromatic heterocycles. The average Bonchev–Trinajstić information content (AvgIpc) is 2.88. The number of hydrogen-bond acceptors (Lipinski definition) is 7. The lowest BCUT2D eigenvalue weighted by molar-refractivity contribution is -0.421. The Hall–Kier alpha value is -2.40. The molecule has 10 heteroatoms. The van der Waals surface area contributed by atoms with E-state index in [1.165, 1.54) is 0 Å². The largest absolute Gasteiger partial charge is 0.443 e. The van der Waals surface area contributed by atoms with Gasteiger partial charge in [0.25, 0.3) is 0 Å². The summed E-state index contributed by atoms with van der Waals surface area (Å²) in [5.74, 6) is 0.283. The third kappa shape index (κ3) is 7.63. The molecule has 0 spiro atoms. The van der Waals surface area contributed by atoms with Gasteiger partial charge in [-0.3, -0.25) is 0 Å². The Morgan fingerprint density at radius 2 is 2.00 bits per heavy atom. The molecule has 1 aromatic carbocycles. The lowest BCUT2D eigenvalue weighted by Gasteiger charge is -2.54. The van der Waals surface area contributed by atoms with Crippen LogP contribution < -0.4 is 11.1 Å². The van der Waals surface area contributed by atoms with Crippen LogP contribution in [0.1, 0.15) is 52.5 Å².